The molecule has 0 N–H and O–H groups in total. The lowest BCUT2D eigenvalue weighted by Crippen LogP contribution is -2.49. The number of nitrogens with zero attached hydrogens (tertiary/aromatic N) is 6. The molecule has 0 spiro atoms. The number of piperazine rings is 1. The number of rotatable bonds is 4. The van der Waals surface area contributed by atoms with Gasteiger partial charge in [0.2, 0.25) is 5.13 Å². The number of fused-ring (bicyclic) bond motifs is 1. The van der Waals surface area contributed by atoms with Crippen molar-refractivity contribution in [3.05, 3.63) is 90.8 Å². The van der Waals surface area contributed by atoms with Crippen LogP contribution in [-0.2, 0) is 0 Å². The van der Waals surface area contributed by atoms with Crippen LogP contribution in [-0.4, -0.2) is 56.7 Å². The summed E-state index contributed by atoms with van der Waals surface area (Å²) in [5.41, 5.74) is 3.21. The van der Waals surface area contributed by atoms with Crippen molar-refractivity contribution in [2.45, 2.75) is 0 Å². The lowest BCUT2D eigenvalue weighted by Gasteiger charge is -2.35. The third kappa shape index (κ3) is 3.82. The maximum absolute atomic E-state index is 13.4. The van der Waals surface area contributed by atoms with E-state index in [1.54, 1.807) is 22.2 Å². The van der Waals surface area contributed by atoms with Gasteiger partial charge in [-0.3, -0.25) is 4.79 Å². The smallest absolute Gasteiger partial charge is 0.274 e. The number of anilines is 1. The zero-order chi connectivity index (χ0) is 22.9. The maximum Gasteiger partial charge on any atom is 0.274 e. The zero-order valence-electron chi connectivity index (χ0n) is 18.4. The predicted octanol–water partition coefficient (Wildman–Crippen LogP) is 4.51. The van der Waals surface area contributed by atoms with Crippen LogP contribution in [0.25, 0.3) is 26.6 Å². The molecule has 1 saturated heterocycles. The Hall–Kier alpha value is -4.04. The Morgan fingerprint density at radius 1 is 0.853 bits per heavy atom. The van der Waals surface area contributed by atoms with Gasteiger partial charge in [-0.2, -0.15) is 5.10 Å². The van der Waals surface area contributed by atoms with Crippen molar-refractivity contribution in [3.63, 3.8) is 0 Å². The number of hydrogen-bond donors (Lipinski definition) is 0. The summed E-state index contributed by atoms with van der Waals surface area (Å²) in [6, 6.07) is 25.8. The largest absolute Gasteiger partial charge is 0.353 e. The van der Waals surface area contributed by atoms with Gasteiger partial charge in [0.1, 0.15) is 5.82 Å². The number of carbonyl (C=O) groups excluding carboxylic acids is 1. The van der Waals surface area contributed by atoms with E-state index in [0.717, 1.165) is 45.5 Å². The van der Waals surface area contributed by atoms with Crippen molar-refractivity contribution in [1.29, 1.82) is 0 Å². The lowest BCUT2D eigenvalue weighted by molar-refractivity contribution is 0.0740. The van der Waals surface area contributed by atoms with E-state index in [-0.39, 0.29) is 5.91 Å². The number of aromatic nitrogens is 4. The van der Waals surface area contributed by atoms with E-state index >= 15 is 0 Å². The number of benzene rings is 2. The zero-order valence-corrected chi connectivity index (χ0v) is 19.2. The molecule has 0 aliphatic carbocycles. The van der Waals surface area contributed by atoms with Gasteiger partial charge in [0.15, 0.2) is 5.69 Å². The average Bonchev–Trinajstić information content (AvgIpc) is 3.54. The van der Waals surface area contributed by atoms with E-state index in [0.29, 0.717) is 18.8 Å². The molecule has 4 heterocycles. The van der Waals surface area contributed by atoms with Crippen molar-refractivity contribution >= 4 is 33.3 Å². The van der Waals surface area contributed by atoms with Gasteiger partial charge in [0.05, 0.1) is 15.9 Å². The number of para-hydroxylation sites is 1. The van der Waals surface area contributed by atoms with Gasteiger partial charge in [-0.05, 0) is 30.3 Å². The fourth-order valence-electron chi connectivity index (χ4n) is 4.24. The van der Waals surface area contributed by atoms with Gasteiger partial charge in [-0.15, -0.1) is 0 Å². The summed E-state index contributed by atoms with van der Waals surface area (Å²) < 4.78 is 2.89. The minimum Gasteiger partial charge on any atom is -0.353 e. The highest BCUT2D eigenvalue weighted by Crippen LogP contribution is 2.30. The Morgan fingerprint density at radius 3 is 2.38 bits per heavy atom. The highest BCUT2D eigenvalue weighted by molar-refractivity contribution is 7.20. The lowest BCUT2D eigenvalue weighted by atomic mass is 10.1. The molecule has 1 aliphatic rings. The van der Waals surface area contributed by atoms with E-state index in [2.05, 4.69) is 16.0 Å². The summed E-state index contributed by atoms with van der Waals surface area (Å²) in [5.74, 6) is 0.888. The fraction of sp³-hybridized carbons (Fsp3) is 0.154. The second-order valence-electron chi connectivity index (χ2n) is 8.12. The van der Waals surface area contributed by atoms with Gasteiger partial charge in [-0.25, -0.2) is 14.6 Å². The van der Waals surface area contributed by atoms with E-state index in [1.165, 1.54) is 0 Å². The highest BCUT2D eigenvalue weighted by Gasteiger charge is 2.26. The predicted molar refractivity (Wildman–Crippen MR) is 135 cm³/mol. The van der Waals surface area contributed by atoms with Crippen LogP contribution in [0.2, 0.25) is 0 Å². The summed E-state index contributed by atoms with van der Waals surface area (Å²) in [6.45, 7) is 2.74. The third-order valence-corrected chi connectivity index (χ3v) is 7.01. The SMILES string of the molecule is O=C(c1cc(-c2ccccc2)n(-c2nc3ccccc3s2)n1)N1CCN(c2ccccn2)CC1. The van der Waals surface area contributed by atoms with Crippen molar-refractivity contribution in [2.75, 3.05) is 31.1 Å². The van der Waals surface area contributed by atoms with Gasteiger partial charge in [0, 0.05) is 37.9 Å². The molecule has 0 atom stereocenters. The summed E-state index contributed by atoms with van der Waals surface area (Å²) in [6.07, 6.45) is 1.80. The van der Waals surface area contributed by atoms with Crippen LogP contribution in [0.5, 0.6) is 0 Å². The van der Waals surface area contributed by atoms with Crippen LogP contribution >= 0.6 is 11.3 Å². The van der Waals surface area contributed by atoms with E-state index < -0.39 is 0 Å². The first-order valence-corrected chi connectivity index (χ1v) is 12.0. The first-order chi connectivity index (χ1) is 16.8. The van der Waals surface area contributed by atoms with Gasteiger partial charge in [0.25, 0.3) is 5.91 Å². The second kappa shape index (κ2) is 8.72. The molecule has 6 rings (SSSR count). The molecule has 3 aromatic heterocycles. The number of amides is 1. The number of thiazole rings is 1. The van der Waals surface area contributed by atoms with Crippen LogP contribution < -0.4 is 4.90 Å². The quantitative estimate of drug-likeness (QED) is 0.390. The van der Waals surface area contributed by atoms with Crippen molar-refractivity contribution < 1.29 is 4.79 Å². The van der Waals surface area contributed by atoms with Crippen LogP contribution in [0.4, 0.5) is 5.82 Å². The van der Waals surface area contributed by atoms with E-state index in [9.17, 15) is 4.79 Å². The summed E-state index contributed by atoms with van der Waals surface area (Å²) in [4.78, 5) is 26.7. The number of pyridine rings is 1. The molecule has 7 nitrogen and oxygen atoms in total. The molecule has 0 radical (unpaired) electrons. The van der Waals surface area contributed by atoms with Crippen LogP contribution in [0, 0.1) is 0 Å². The molecule has 1 aliphatic heterocycles. The van der Waals surface area contributed by atoms with Crippen LogP contribution in [0.15, 0.2) is 85.1 Å². The normalized spacial score (nSPS) is 14.0. The van der Waals surface area contributed by atoms with Gasteiger partial charge in [-0.1, -0.05) is 59.9 Å². The Bertz CT molecular complexity index is 1410. The highest BCUT2D eigenvalue weighted by atomic mass is 32.1. The number of hydrogen-bond acceptors (Lipinski definition) is 6. The Balaban J connectivity index is 1.31. The third-order valence-electron chi connectivity index (χ3n) is 6.00. The molecule has 2 aromatic carbocycles. The molecule has 0 unspecified atom stereocenters. The summed E-state index contributed by atoms with van der Waals surface area (Å²) >= 11 is 1.57. The molecule has 1 amide bonds. The molecular formula is C26H22N6OS. The van der Waals surface area contributed by atoms with Crippen molar-refractivity contribution in [2.24, 2.45) is 0 Å². The molecule has 1 fully saturated rings. The Labute approximate surface area is 200 Å². The number of carbonyl (C=O) groups is 1. The molecule has 8 heteroatoms. The summed E-state index contributed by atoms with van der Waals surface area (Å²) in [7, 11) is 0. The molecule has 0 bridgehead atoms. The summed E-state index contributed by atoms with van der Waals surface area (Å²) in [5, 5.41) is 5.50. The molecule has 5 aromatic rings. The molecule has 0 saturated carbocycles. The van der Waals surface area contributed by atoms with Gasteiger partial charge < -0.3 is 9.80 Å². The van der Waals surface area contributed by atoms with Crippen molar-refractivity contribution in [1.82, 2.24) is 24.6 Å². The fourth-order valence-corrected chi connectivity index (χ4v) is 5.17. The monoisotopic (exact) mass is 466 g/mol. The minimum atomic E-state index is -0.0577. The minimum absolute atomic E-state index is 0.0577. The van der Waals surface area contributed by atoms with E-state index in [4.69, 9.17) is 10.1 Å². The van der Waals surface area contributed by atoms with Crippen molar-refractivity contribution in [3.8, 4) is 16.4 Å². The average molecular weight is 467 g/mol. The standard InChI is InChI=1S/C26H22N6OS/c33-25(31-16-14-30(15-17-31)24-12-6-7-13-27-24)21-18-22(19-8-2-1-3-9-19)32(29-21)26-28-20-10-4-5-11-23(20)34-26/h1-13,18H,14-17H2. The maximum atomic E-state index is 13.4. The molecule has 34 heavy (non-hydrogen) atoms. The topological polar surface area (TPSA) is 67.2 Å². The molecule has 168 valence electrons. The molecular weight excluding hydrogens is 444 g/mol. The van der Waals surface area contributed by atoms with Crippen LogP contribution in [0.3, 0.4) is 0 Å². The Morgan fingerprint density at radius 2 is 1.62 bits per heavy atom. The second-order valence-corrected chi connectivity index (χ2v) is 9.13. The Kier molecular flexibility index (Phi) is 5.27. The van der Waals surface area contributed by atoms with Gasteiger partial charge >= 0.3 is 0 Å². The van der Waals surface area contributed by atoms with Crippen LogP contribution in [0.1, 0.15) is 10.5 Å². The van der Waals surface area contributed by atoms with E-state index in [1.807, 2.05) is 77.7 Å². The first-order valence-electron chi connectivity index (χ1n) is 11.2. The first kappa shape index (κ1) is 20.6.